The molecule has 4 amide bonds. The fraction of sp³-hybridized carbons (Fsp3) is 0.389. The smallest absolute Gasteiger partial charge is 0.325 e. The molecule has 1 saturated heterocycles. The molecule has 0 aromatic heterocycles. The van der Waals surface area contributed by atoms with Gasteiger partial charge in [0.15, 0.2) is 6.61 Å². The lowest BCUT2D eigenvalue weighted by molar-refractivity contribution is -0.147. The van der Waals surface area contributed by atoms with Crippen molar-refractivity contribution < 1.29 is 23.9 Å². The van der Waals surface area contributed by atoms with E-state index in [2.05, 4.69) is 10.6 Å². The van der Waals surface area contributed by atoms with Crippen LogP contribution in [0.1, 0.15) is 32.3 Å². The average Bonchev–Trinajstić information content (AvgIpc) is 2.82. The van der Waals surface area contributed by atoms with Crippen molar-refractivity contribution in [1.29, 1.82) is 5.26 Å². The summed E-state index contributed by atoms with van der Waals surface area (Å²) in [5.41, 5.74) is -0.314. The summed E-state index contributed by atoms with van der Waals surface area (Å²) in [6.07, 6.45) is 0.187. The van der Waals surface area contributed by atoms with Crippen LogP contribution in [0.25, 0.3) is 0 Å². The van der Waals surface area contributed by atoms with Crippen molar-refractivity contribution in [1.82, 2.24) is 10.2 Å². The van der Waals surface area contributed by atoms with Crippen molar-refractivity contribution in [3.05, 3.63) is 29.8 Å². The lowest BCUT2D eigenvalue weighted by atomic mass is 10.1. The van der Waals surface area contributed by atoms with Gasteiger partial charge in [0, 0.05) is 13.0 Å². The highest BCUT2D eigenvalue weighted by Gasteiger charge is 2.43. The van der Waals surface area contributed by atoms with Crippen molar-refractivity contribution in [2.45, 2.75) is 32.2 Å². The van der Waals surface area contributed by atoms with Crippen LogP contribution in [0, 0.1) is 11.3 Å². The zero-order valence-corrected chi connectivity index (χ0v) is 15.1. The molecule has 0 unspecified atom stereocenters. The number of carbonyl (C=O) groups excluding carboxylic acids is 4. The molecule has 1 aliphatic heterocycles. The second kappa shape index (κ2) is 8.31. The number of nitrogens with one attached hydrogen (secondary N) is 2. The molecular formula is C18H20N4O5. The number of rotatable bonds is 7. The first kappa shape index (κ1) is 19.9. The average molecular weight is 372 g/mol. The largest absolute Gasteiger partial charge is 0.456 e. The SMILES string of the molecule is CC1(C)NC(=O)N(CCCC(=O)OCC(=O)Nc2ccccc2C#N)C1=O. The number of ether oxygens (including phenoxy) is 1. The Morgan fingerprint density at radius 1 is 1.30 bits per heavy atom. The van der Waals surface area contributed by atoms with Crippen LogP contribution in [0.5, 0.6) is 0 Å². The topological polar surface area (TPSA) is 129 Å². The number of carbonyl (C=O) groups is 4. The number of urea groups is 1. The Kier molecular flexibility index (Phi) is 6.13. The Bertz CT molecular complexity index is 812. The van der Waals surface area contributed by atoms with Crippen LogP contribution >= 0.6 is 0 Å². The van der Waals surface area contributed by atoms with Gasteiger partial charge in [-0.15, -0.1) is 0 Å². The van der Waals surface area contributed by atoms with E-state index in [0.29, 0.717) is 11.3 Å². The van der Waals surface area contributed by atoms with Gasteiger partial charge in [-0.2, -0.15) is 5.26 Å². The molecule has 1 aromatic carbocycles. The number of hydrogen-bond donors (Lipinski definition) is 2. The van der Waals surface area contributed by atoms with Crippen molar-refractivity contribution in [2.24, 2.45) is 0 Å². The van der Waals surface area contributed by atoms with E-state index in [4.69, 9.17) is 10.00 Å². The van der Waals surface area contributed by atoms with Gasteiger partial charge < -0.3 is 15.4 Å². The van der Waals surface area contributed by atoms with Gasteiger partial charge in [0.05, 0.1) is 11.3 Å². The van der Waals surface area contributed by atoms with Gasteiger partial charge in [0.1, 0.15) is 11.6 Å². The summed E-state index contributed by atoms with van der Waals surface area (Å²) >= 11 is 0. The summed E-state index contributed by atoms with van der Waals surface area (Å²) in [4.78, 5) is 48.3. The van der Waals surface area contributed by atoms with Gasteiger partial charge in [-0.25, -0.2) is 4.79 Å². The summed E-state index contributed by atoms with van der Waals surface area (Å²) in [6.45, 7) is 2.80. The second-order valence-corrected chi connectivity index (χ2v) is 6.48. The van der Waals surface area contributed by atoms with Crippen molar-refractivity contribution >= 4 is 29.5 Å². The van der Waals surface area contributed by atoms with Gasteiger partial charge >= 0.3 is 12.0 Å². The van der Waals surface area contributed by atoms with Gasteiger partial charge in [0.25, 0.3) is 11.8 Å². The van der Waals surface area contributed by atoms with Crippen LogP contribution < -0.4 is 10.6 Å². The fourth-order valence-corrected chi connectivity index (χ4v) is 2.50. The first-order valence-corrected chi connectivity index (χ1v) is 8.33. The molecule has 27 heavy (non-hydrogen) atoms. The van der Waals surface area contributed by atoms with Crippen LogP contribution in [-0.2, 0) is 19.1 Å². The number of benzene rings is 1. The van der Waals surface area contributed by atoms with E-state index < -0.39 is 30.1 Å². The maximum atomic E-state index is 12.0. The van der Waals surface area contributed by atoms with Crippen LogP contribution in [0.4, 0.5) is 10.5 Å². The molecular weight excluding hydrogens is 352 g/mol. The minimum atomic E-state index is -0.949. The first-order valence-electron chi connectivity index (χ1n) is 8.33. The van der Waals surface area contributed by atoms with Crippen LogP contribution in [-0.4, -0.2) is 47.4 Å². The molecule has 0 saturated carbocycles. The van der Waals surface area contributed by atoms with E-state index in [9.17, 15) is 19.2 Å². The van der Waals surface area contributed by atoms with Gasteiger partial charge in [-0.05, 0) is 32.4 Å². The van der Waals surface area contributed by atoms with Gasteiger partial charge in [-0.1, -0.05) is 12.1 Å². The molecule has 0 atom stereocenters. The lowest BCUT2D eigenvalue weighted by Crippen LogP contribution is -2.40. The Labute approximate surface area is 156 Å². The van der Waals surface area contributed by atoms with E-state index in [1.54, 1.807) is 38.1 Å². The molecule has 9 heteroatoms. The number of hydrogen-bond acceptors (Lipinski definition) is 6. The molecule has 1 fully saturated rings. The van der Waals surface area contributed by atoms with Crippen LogP contribution in [0.3, 0.4) is 0 Å². The fourth-order valence-electron chi connectivity index (χ4n) is 2.50. The Balaban J connectivity index is 1.72. The van der Waals surface area contributed by atoms with E-state index >= 15 is 0 Å². The van der Waals surface area contributed by atoms with E-state index in [1.807, 2.05) is 6.07 Å². The van der Waals surface area contributed by atoms with Crippen molar-refractivity contribution in [2.75, 3.05) is 18.5 Å². The highest BCUT2D eigenvalue weighted by Crippen LogP contribution is 2.17. The number of para-hydroxylation sites is 1. The molecule has 1 heterocycles. The predicted octanol–water partition coefficient (Wildman–Crippen LogP) is 1.15. The number of nitriles is 1. The zero-order chi connectivity index (χ0) is 20.0. The Hall–Kier alpha value is -3.41. The highest BCUT2D eigenvalue weighted by molar-refractivity contribution is 6.06. The molecule has 1 aliphatic rings. The van der Waals surface area contributed by atoms with E-state index in [-0.39, 0.29) is 25.3 Å². The number of imide groups is 1. The third-order valence-electron chi connectivity index (χ3n) is 3.89. The summed E-state index contributed by atoms with van der Waals surface area (Å²) < 4.78 is 4.87. The highest BCUT2D eigenvalue weighted by atomic mass is 16.5. The minimum Gasteiger partial charge on any atom is -0.456 e. The number of anilines is 1. The molecule has 0 radical (unpaired) electrons. The molecule has 0 bridgehead atoms. The molecule has 2 rings (SSSR count). The number of esters is 1. The van der Waals surface area contributed by atoms with Crippen LogP contribution in [0.15, 0.2) is 24.3 Å². The molecule has 9 nitrogen and oxygen atoms in total. The van der Waals surface area contributed by atoms with Crippen LogP contribution in [0.2, 0.25) is 0 Å². The van der Waals surface area contributed by atoms with E-state index in [1.165, 1.54) is 0 Å². The monoisotopic (exact) mass is 372 g/mol. The maximum absolute atomic E-state index is 12.0. The lowest BCUT2D eigenvalue weighted by Gasteiger charge is -2.15. The third-order valence-corrected chi connectivity index (χ3v) is 3.89. The summed E-state index contributed by atoms with van der Waals surface area (Å²) in [5, 5.41) is 14.0. The third kappa shape index (κ3) is 5.04. The second-order valence-electron chi connectivity index (χ2n) is 6.48. The molecule has 0 spiro atoms. The van der Waals surface area contributed by atoms with Crippen molar-refractivity contribution in [3.63, 3.8) is 0 Å². The van der Waals surface area contributed by atoms with Gasteiger partial charge in [-0.3, -0.25) is 19.3 Å². The van der Waals surface area contributed by atoms with E-state index in [0.717, 1.165) is 4.90 Å². The molecule has 2 N–H and O–H groups in total. The van der Waals surface area contributed by atoms with Crippen molar-refractivity contribution in [3.8, 4) is 6.07 Å². The Morgan fingerprint density at radius 2 is 2.00 bits per heavy atom. The molecule has 142 valence electrons. The maximum Gasteiger partial charge on any atom is 0.325 e. The quantitative estimate of drug-likeness (QED) is 0.546. The Morgan fingerprint density at radius 3 is 2.63 bits per heavy atom. The summed E-state index contributed by atoms with van der Waals surface area (Å²) in [6, 6.07) is 7.91. The molecule has 1 aromatic rings. The standard InChI is InChI=1S/C18H20N4O5/c1-18(2)16(25)22(17(26)21-18)9-5-8-15(24)27-11-14(23)20-13-7-4-3-6-12(13)10-19/h3-4,6-7H,5,8-9,11H2,1-2H3,(H,20,23)(H,21,26). The number of amides is 4. The summed E-state index contributed by atoms with van der Waals surface area (Å²) in [7, 11) is 0. The normalized spacial score (nSPS) is 15.1. The molecule has 0 aliphatic carbocycles. The first-order chi connectivity index (χ1) is 12.7. The minimum absolute atomic E-state index is 0.0421. The van der Waals surface area contributed by atoms with Gasteiger partial charge in [0.2, 0.25) is 0 Å². The number of nitrogens with zero attached hydrogens (tertiary/aromatic N) is 2. The summed E-state index contributed by atoms with van der Waals surface area (Å²) in [5.74, 6) is -1.54. The zero-order valence-electron chi connectivity index (χ0n) is 15.1. The predicted molar refractivity (Wildman–Crippen MR) is 94.3 cm³/mol.